The molecule has 0 unspecified atom stereocenters. The van der Waals surface area contributed by atoms with E-state index in [1.165, 1.54) is 17.4 Å². The van der Waals surface area contributed by atoms with Gasteiger partial charge in [0.15, 0.2) is 0 Å². The van der Waals surface area contributed by atoms with Crippen LogP contribution in [0, 0.1) is 0 Å². The number of para-hydroxylation sites is 1. The molecule has 0 aliphatic heterocycles. The number of thiophene rings is 1. The van der Waals surface area contributed by atoms with Gasteiger partial charge in [-0.1, -0.05) is 6.07 Å². The lowest BCUT2D eigenvalue weighted by Gasteiger charge is -2.10. The van der Waals surface area contributed by atoms with Gasteiger partial charge in [-0.3, -0.25) is 0 Å². The lowest BCUT2D eigenvalue weighted by molar-refractivity contribution is 0.0698. The first kappa shape index (κ1) is 13.6. The predicted octanol–water partition coefficient (Wildman–Crippen LogP) is 3.85. The molecule has 0 atom stereocenters. The maximum absolute atomic E-state index is 11.8. The number of nitrogens with one attached hydrogen (secondary N) is 2. The Morgan fingerprint density at radius 3 is 2.63 bits per heavy atom. The zero-order chi connectivity index (χ0) is 13.8. The van der Waals surface area contributed by atoms with Crippen LogP contribution in [0.5, 0.6) is 0 Å². The number of amides is 2. The van der Waals surface area contributed by atoms with Gasteiger partial charge in [0.2, 0.25) is 0 Å². The Bertz CT molecular complexity index is 613. The molecule has 1 aromatic heterocycles. The molecular weight excluding hydrogens is 332 g/mol. The summed E-state index contributed by atoms with van der Waals surface area (Å²) in [5.74, 6) is -1.10. The lowest BCUT2D eigenvalue weighted by atomic mass is 10.2. The summed E-state index contributed by atoms with van der Waals surface area (Å²) < 4.78 is 0.507. The van der Waals surface area contributed by atoms with Crippen molar-refractivity contribution in [3.05, 3.63) is 45.1 Å². The molecular formula is C12H9BrN2O3S. The first-order valence-electron chi connectivity index (χ1n) is 5.20. The van der Waals surface area contributed by atoms with Crippen LogP contribution in [0.25, 0.3) is 0 Å². The summed E-state index contributed by atoms with van der Waals surface area (Å²) in [4.78, 5) is 22.9. The average molecular weight is 341 g/mol. The first-order valence-corrected chi connectivity index (χ1v) is 6.93. The Balaban J connectivity index is 2.19. The van der Waals surface area contributed by atoms with Crippen molar-refractivity contribution in [2.45, 2.75) is 0 Å². The summed E-state index contributed by atoms with van der Waals surface area (Å²) >= 11 is 4.67. The molecule has 98 valence electrons. The molecule has 0 aliphatic carbocycles. The highest BCUT2D eigenvalue weighted by Gasteiger charge is 2.15. The van der Waals surface area contributed by atoms with E-state index in [2.05, 4.69) is 26.6 Å². The fourth-order valence-electron chi connectivity index (χ4n) is 1.44. The van der Waals surface area contributed by atoms with Crippen molar-refractivity contribution >= 4 is 50.6 Å². The van der Waals surface area contributed by atoms with Crippen molar-refractivity contribution in [1.29, 1.82) is 0 Å². The maximum Gasteiger partial charge on any atom is 0.337 e. The normalized spacial score (nSPS) is 9.95. The van der Waals surface area contributed by atoms with E-state index in [9.17, 15) is 9.59 Å². The van der Waals surface area contributed by atoms with Crippen LogP contribution in [-0.4, -0.2) is 17.1 Å². The SMILES string of the molecule is O=C(Nc1ccsc1)Nc1c(Br)cccc1C(=O)O. The van der Waals surface area contributed by atoms with Crippen LogP contribution in [-0.2, 0) is 0 Å². The van der Waals surface area contributed by atoms with Gasteiger partial charge in [-0.15, -0.1) is 0 Å². The summed E-state index contributed by atoms with van der Waals surface area (Å²) in [5, 5.41) is 17.8. The molecule has 1 aromatic carbocycles. The number of benzene rings is 1. The summed E-state index contributed by atoms with van der Waals surface area (Å²) in [5.41, 5.74) is 0.906. The fourth-order valence-corrected chi connectivity index (χ4v) is 2.49. The zero-order valence-corrected chi connectivity index (χ0v) is 11.9. The Morgan fingerprint density at radius 2 is 2.00 bits per heavy atom. The Morgan fingerprint density at radius 1 is 1.21 bits per heavy atom. The Hall–Kier alpha value is -1.86. The number of halogens is 1. The van der Waals surface area contributed by atoms with Crippen molar-refractivity contribution < 1.29 is 14.7 Å². The van der Waals surface area contributed by atoms with E-state index in [1.54, 1.807) is 23.6 Å². The van der Waals surface area contributed by atoms with Gasteiger partial charge in [0.25, 0.3) is 0 Å². The molecule has 5 nitrogen and oxygen atoms in total. The third kappa shape index (κ3) is 3.33. The second kappa shape index (κ2) is 5.85. The summed E-state index contributed by atoms with van der Waals surface area (Å²) in [6, 6.07) is 5.94. The minimum Gasteiger partial charge on any atom is -0.478 e. The molecule has 2 aromatic rings. The fraction of sp³-hybridized carbons (Fsp3) is 0. The number of carbonyl (C=O) groups excluding carboxylic acids is 1. The van der Waals surface area contributed by atoms with Gasteiger partial charge in [0.1, 0.15) is 0 Å². The number of carbonyl (C=O) groups is 2. The number of anilines is 2. The molecule has 0 aliphatic rings. The third-order valence-electron chi connectivity index (χ3n) is 2.26. The number of aromatic carboxylic acids is 1. The van der Waals surface area contributed by atoms with Crippen LogP contribution in [0.4, 0.5) is 16.2 Å². The van der Waals surface area contributed by atoms with Gasteiger partial charge in [0, 0.05) is 9.85 Å². The summed E-state index contributed by atoms with van der Waals surface area (Å²) in [7, 11) is 0. The number of hydrogen-bond donors (Lipinski definition) is 3. The molecule has 2 amide bonds. The second-order valence-electron chi connectivity index (χ2n) is 3.56. The summed E-state index contributed by atoms with van der Waals surface area (Å²) in [6.45, 7) is 0. The molecule has 0 fully saturated rings. The van der Waals surface area contributed by atoms with Crippen LogP contribution < -0.4 is 10.6 Å². The van der Waals surface area contributed by atoms with Crippen LogP contribution >= 0.6 is 27.3 Å². The smallest absolute Gasteiger partial charge is 0.337 e. The highest BCUT2D eigenvalue weighted by atomic mass is 79.9. The van der Waals surface area contributed by atoms with Crippen molar-refractivity contribution in [1.82, 2.24) is 0 Å². The van der Waals surface area contributed by atoms with E-state index in [0.29, 0.717) is 10.2 Å². The van der Waals surface area contributed by atoms with Gasteiger partial charge in [-0.2, -0.15) is 11.3 Å². The van der Waals surface area contributed by atoms with E-state index in [0.717, 1.165) is 0 Å². The molecule has 7 heteroatoms. The van der Waals surface area contributed by atoms with E-state index in [1.807, 2.05) is 5.38 Å². The van der Waals surface area contributed by atoms with Gasteiger partial charge in [-0.05, 0) is 39.5 Å². The Labute approximate surface area is 121 Å². The van der Waals surface area contributed by atoms with Crippen LogP contribution in [0.1, 0.15) is 10.4 Å². The minimum absolute atomic E-state index is 0.0230. The molecule has 1 heterocycles. The topological polar surface area (TPSA) is 78.4 Å². The summed E-state index contributed by atoms with van der Waals surface area (Å²) in [6.07, 6.45) is 0. The highest BCUT2D eigenvalue weighted by Crippen LogP contribution is 2.26. The molecule has 2 rings (SSSR count). The minimum atomic E-state index is -1.10. The molecule has 0 bridgehead atoms. The third-order valence-corrected chi connectivity index (χ3v) is 3.61. The van der Waals surface area contributed by atoms with Crippen molar-refractivity contribution in [2.75, 3.05) is 10.6 Å². The van der Waals surface area contributed by atoms with Crippen LogP contribution in [0.3, 0.4) is 0 Å². The number of hydrogen-bond acceptors (Lipinski definition) is 3. The van der Waals surface area contributed by atoms with Crippen molar-refractivity contribution in [3.8, 4) is 0 Å². The van der Waals surface area contributed by atoms with E-state index in [-0.39, 0.29) is 11.3 Å². The number of carboxylic acid groups (broad SMARTS) is 1. The molecule has 0 radical (unpaired) electrons. The highest BCUT2D eigenvalue weighted by molar-refractivity contribution is 9.10. The van der Waals surface area contributed by atoms with E-state index < -0.39 is 12.0 Å². The van der Waals surface area contributed by atoms with Gasteiger partial charge < -0.3 is 15.7 Å². The van der Waals surface area contributed by atoms with Crippen LogP contribution in [0.2, 0.25) is 0 Å². The predicted molar refractivity (Wildman–Crippen MR) is 78.1 cm³/mol. The number of urea groups is 1. The molecule has 0 saturated heterocycles. The van der Waals surface area contributed by atoms with Crippen molar-refractivity contribution in [3.63, 3.8) is 0 Å². The van der Waals surface area contributed by atoms with Crippen LogP contribution in [0.15, 0.2) is 39.5 Å². The molecule has 0 spiro atoms. The van der Waals surface area contributed by atoms with Crippen molar-refractivity contribution in [2.24, 2.45) is 0 Å². The van der Waals surface area contributed by atoms with E-state index >= 15 is 0 Å². The van der Waals surface area contributed by atoms with Gasteiger partial charge in [0.05, 0.1) is 16.9 Å². The zero-order valence-electron chi connectivity index (χ0n) is 9.51. The molecule has 0 saturated carbocycles. The lowest BCUT2D eigenvalue weighted by Crippen LogP contribution is -2.21. The largest absolute Gasteiger partial charge is 0.478 e. The van der Waals surface area contributed by atoms with Gasteiger partial charge >= 0.3 is 12.0 Å². The Kier molecular flexibility index (Phi) is 4.18. The monoisotopic (exact) mass is 340 g/mol. The molecule has 19 heavy (non-hydrogen) atoms. The average Bonchev–Trinajstić information content (AvgIpc) is 2.84. The first-order chi connectivity index (χ1) is 9.08. The standard InChI is InChI=1S/C12H9BrN2O3S/c13-9-3-1-2-8(11(16)17)10(9)15-12(18)14-7-4-5-19-6-7/h1-6H,(H,16,17)(H2,14,15,18). The van der Waals surface area contributed by atoms with E-state index in [4.69, 9.17) is 5.11 Å². The second-order valence-corrected chi connectivity index (χ2v) is 5.19. The van der Waals surface area contributed by atoms with Gasteiger partial charge in [-0.25, -0.2) is 9.59 Å². The maximum atomic E-state index is 11.8. The number of carboxylic acids is 1. The number of rotatable bonds is 3. The quantitative estimate of drug-likeness (QED) is 0.793. The molecule has 3 N–H and O–H groups in total.